The number of allylic oxidation sites excluding steroid dienone is 2. The number of hydrogen-bond donors (Lipinski definition) is 0. The molecule has 5 aliphatic rings. The third-order valence-electron chi connectivity index (χ3n) is 6.50. The molecule has 2 saturated carbocycles. The molecule has 1 heterocycles. The van der Waals surface area contributed by atoms with E-state index >= 15 is 0 Å². The van der Waals surface area contributed by atoms with E-state index in [0.29, 0.717) is 24.2 Å². The lowest BCUT2D eigenvalue weighted by Gasteiger charge is -2.37. The number of amides is 2. The van der Waals surface area contributed by atoms with Gasteiger partial charge in [-0.1, -0.05) is 12.2 Å². The molecule has 0 N–H and O–H groups in total. The highest BCUT2D eigenvalue weighted by Gasteiger charge is 2.67. The summed E-state index contributed by atoms with van der Waals surface area (Å²) in [4.78, 5) is 37.1. The molecule has 1 aromatic carbocycles. The molecule has 150 valence electrons. The van der Waals surface area contributed by atoms with Gasteiger partial charge in [0.25, 0.3) is 11.8 Å². The second kappa shape index (κ2) is 6.83. The maximum atomic E-state index is 12.9. The molecule has 0 aromatic heterocycles. The van der Waals surface area contributed by atoms with E-state index in [1.807, 2.05) is 0 Å². The van der Waals surface area contributed by atoms with E-state index in [9.17, 15) is 14.4 Å². The Kier molecular flexibility index (Phi) is 4.26. The fourth-order valence-corrected chi connectivity index (χ4v) is 5.17. The first-order chi connectivity index (χ1) is 14.1. The lowest BCUT2D eigenvalue weighted by Crippen LogP contribution is -2.40. The summed E-state index contributed by atoms with van der Waals surface area (Å²) in [6, 6.07) is 6.91. The smallest absolute Gasteiger partial charge is 0.344 e. The van der Waals surface area contributed by atoms with Gasteiger partial charge in [-0.15, -0.1) is 0 Å². The van der Waals surface area contributed by atoms with E-state index in [4.69, 9.17) is 9.47 Å². The van der Waals surface area contributed by atoms with Crippen molar-refractivity contribution >= 4 is 24.0 Å². The van der Waals surface area contributed by atoms with Crippen LogP contribution in [0.25, 0.3) is 0 Å². The molecule has 2 amide bonds. The van der Waals surface area contributed by atoms with Gasteiger partial charge in [0.05, 0.1) is 24.7 Å². The summed E-state index contributed by atoms with van der Waals surface area (Å²) in [6.45, 7) is 1.89. The van der Waals surface area contributed by atoms with Gasteiger partial charge >= 0.3 is 5.97 Å². The summed E-state index contributed by atoms with van der Waals surface area (Å²) >= 11 is 0. The zero-order chi connectivity index (χ0) is 20.1. The number of benzene rings is 1. The van der Waals surface area contributed by atoms with Gasteiger partial charge in [-0.25, -0.2) is 4.79 Å². The SMILES string of the molecule is CCOC(=O)COc1ccc(/C=N\N2C(=O)[C@@H]3[C@H]4C=C[C@@H]([C@@H]5C[C@@H]45)[C@H]3C2=O)cc1. The summed E-state index contributed by atoms with van der Waals surface area (Å²) in [5, 5.41) is 5.28. The van der Waals surface area contributed by atoms with Gasteiger partial charge in [0.2, 0.25) is 0 Å². The minimum Gasteiger partial charge on any atom is -0.482 e. The summed E-state index contributed by atoms with van der Waals surface area (Å²) in [5.41, 5.74) is 0.730. The van der Waals surface area contributed by atoms with Crippen LogP contribution in [0.1, 0.15) is 18.9 Å². The third-order valence-corrected chi connectivity index (χ3v) is 6.50. The van der Waals surface area contributed by atoms with E-state index in [1.54, 1.807) is 31.2 Å². The van der Waals surface area contributed by atoms with Crippen LogP contribution in [0.15, 0.2) is 41.5 Å². The normalized spacial score (nSPS) is 33.8. The molecule has 0 spiro atoms. The molecule has 7 heteroatoms. The topological polar surface area (TPSA) is 85.3 Å². The van der Waals surface area contributed by atoms with Crippen molar-refractivity contribution in [3.05, 3.63) is 42.0 Å². The summed E-state index contributed by atoms with van der Waals surface area (Å²) < 4.78 is 10.2. The average molecular weight is 394 g/mol. The first kappa shape index (κ1) is 18.1. The van der Waals surface area contributed by atoms with E-state index in [-0.39, 0.29) is 42.1 Å². The molecule has 0 unspecified atom stereocenters. The molecular formula is C22H22N2O5. The highest BCUT2D eigenvalue weighted by molar-refractivity contribution is 6.06. The van der Waals surface area contributed by atoms with E-state index in [0.717, 1.165) is 17.0 Å². The molecule has 1 saturated heterocycles. The van der Waals surface area contributed by atoms with Gasteiger partial charge in [0.1, 0.15) is 5.75 Å². The van der Waals surface area contributed by atoms with Crippen LogP contribution in [0.5, 0.6) is 5.75 Å². The lowest BCUT2D eigenvalue weighted by molar-refractivity contribution is -0.145. The van der Waals surface area contributed by atoms with Crippen LogP contribution in [0.2, 0.25) is 0 Å². The Morgan fingerprint density at radius 2 is 1.72 bits per heavy atom. The number of ether oxygens (including phenoxy) is 2. The van der Waals surface area contributed by atoms with Gasteiger partial charge < -0.3 is 9.47 Å². The third kappa shape index (κ3) is 2.96. The first-order valence-electron chi connectivity index (χ1n) is 10.1. The Bertz CT molecular complexity index is 886. The zero-order valence-electron chi connectivity index (χ0n) is 16.1. The van der Waals surface area contributed by atoms with Crippen molar-refractivity contribution in [2.45, 2.75) is 13.3 Å². The zero-order valence-corrected chi connectivity index (χ0v) is 16.1. The van der Waals surface area contributed by atoms with Crippen molar-refractivity contribution in [1.82, 2.24) is 5.01 Å². The quantitative estimate of drug-likeness (QED) is 0.319. The Hall–Kier alpha value is -2.96. The van der Waals surface area contributed by atoms with Crippen molar-refractivity contribution in [2.75, 3.05) is 13.2 Å². The Morgan fingerprint density at radius 3 is 2.31 bits per heavy atom. The van der Waals surface area contributed by atoms with Crippen LogP contribution < -0.4 is 4.74 Å². The maximum Gasteiger partial charge on any atom is 0.344 e. The predicted molar refractivity (Wildman–Crippen MR) is 103 cm³/mol. The molecule has 7 nitrogen and oxygen atoms in total. The van der Waals surface area contributed by atoms with E-state index < -0.39 is 5.97 Å². The van der Waals surface area contributed by atoms with Crippen LogP contribution >= 0.6 is 0 Å². The molecule has 1 aliphatic heterocycles. The van der Waals surface area contributed by atoms with Gasteiger partial charge in [0.15, 0.2) is 6.61 Å². The Labute approximate surface area is 168 Å². The van der Waals surface area contributed by atoms with Crippen LogP contribution in [0, 0.1) is 35.5 Å². The molecule has 0 radical (unpaired) electrons. The number of carbonyl (C=O) groups is 3. The average Bonchev–Trinajstić information content (AvgIpc) is 3.51. The molecule has 3 fully saturated rings. The van der Waals surface area contributed by atoms with Crippen LogP contribution in [0.3, 0.4) is 0 Å². The summed E-state index contributed by atoms with van der Waals surface area (Å²) in [7, 11) is 0. The number of nitrogens with zero attached hydrogens (tertiary/aromatic N) is 2. The lowest BCUT2D eigenvalue weighted by atomic mass is 9.63. The fraction of sp³-hybridized carbons (Fsp3) is 0.455. The number of esters is 1. The number of carbonyl (C=O) groups excluding carboxylic acids is 3. The minimum atomic E-state index is -0.424. The molecule has 1 aromatic rings. The van der Waals surface area contributed by atoms with E-state index in [1.165, 1.54) is 6.21 Å². The van der Waals surface area contributed by atoms with Gasteiger partial charge in [-0.05, 0) is 66.8 Å². The molecule has 6 rings (SSSR count). The van der Waals surface area contributed by atoms with Crippen LogP contribution in [-0.2, 0) is 19.1 Å². The standard InChI is InChI=1S/C22H22N2O5/c1-2-28-18(25)11-29-13-5-3-12(4-6-13)10-23-24-21(26)19-14-7-8-15(17-9-16(14)17)20(19)22(24)27/h3-8,10,14-17,19-20H,2,9,11H2,1H3/b23-10-/t14-,15-,16-,17-,19+,20+/m0/s1. The number of hydrazone groups is 1. The Balaban J connectivity index is 1.25. The molecule has 6 atom stereocenters. The molecule has 4 aliphatic carbocycles. The summed E-state index contributed by atoms with van der Waals surface area (Å²) in [5.74, 6) is 0.830. The van der Waals surface area contributed by atoms with Crippen molar-refractivity contribution in [3.8, 4) is 5.75 Å². The van der Waals surface area contributed by atoms with E-state index in [2.05, 4.69) is 17.3 Å². The first-order valence-corrected chi connectivity index (χ1v) is 10.1. The number of rotatable bonds is 6. The monoisotopic (exact) mass is 394 g/mol. The van der Waals surface area contributed by atoms with Crippen molar-refractivity contribution in [1.29, 1.82) is 0 Å². The summed E-state index contributed by atoms with van der Waals surface area (Å²) in [6.07, 6.45) is 6.95. The van der Waals surface area contributed by atoms with Crippen molar-refractivity contribution in [3.63, 3.8) is 0 Å². The molecular weight excluding hydrogens is 372 g/mol. The highest BCUT2D eigenvalue weighted by atomic mass is 16.6. The number of imide groups is 1. The second-order valence-electron chi connectivity index (χ2n) is 8.05. The molecule has 29 heavy (non-hydrogen) atoms. The minimum absolute atomic E-state index is 0.154. The van der Waals surface area contributed by atoms with Crippen molar-refractivity contribution < 1.29 is 23.9 Å². The fourth-order valence-electron chi connectivity index (χ4n) is 5.17. The van der Waals surface area contributed by atoms with Gasteiger partial charge in [-0.3, -0.25) is 9.59 Å². The van der Waals surface area contributed by atoms with Gasteiger partial charge in [0, 0.05) is 0 Å². The second-order valence-corrected chi connectivity index (χ2v) is 8.05. The van der Waals surface area contributed by atoms with Gasteiger partial charge in [-0.2, -0.15) is 10.1 Å². The maximum absolute atomic E-state index is 12.9. The Morgan fingerprint density at radius 1 is 1.10 bits per heavy atom. The predicted octanol–water partition coefficient (Wildman–Crippen LogP) is 2.02. The largest absolute Gasteiger partial charge is 0.482 e. The highest BCUT2D eigenvalue weighted by Crippen LogP contribution is 2.65. The van der Waals surface area contributed by atoms with Crippen molar-refractivity contribution in [2.24, 2.45) is 40.6 Å². The van der Waals surface area contributed by atoms with Crippen LogP contribution in [-0.4, -0.2) is 42.2 Å². The molecule has 2 bridgehead atoms. The number of hydrogen-bond acceptors (Lipinski definition) is 6. The van der Waals surface area contributed by atoms with Crippen LogP contribution in [0.4, 0.5) is 0 Å².